The van der Waals surface area contributed by atoms with Crippen LogP contribution in [0.2, 0.25) is 0 Å². The molecule has 1 atom stereocenters. The third-order valence-corrected chi connectivity index (χ3v) is 4.32. The van der Waals surface area contributed by atoms with Gasteiger partial charge in [-0.05, 0) is 19.8 Å². The fourth-order valence-corrected chi connectivity index (χ4v) is 2.93. The molecule has 0 saturated heterocycles. The van der Waals surface area contributed by atoms with Crippen molar-refractivity contribution >= 4 is 0 Å². The first kappa shape index (κ1) is 15.3. The van der Waals surface area contributed by atoms with E-state index in [1.807, 2.05) is 0 Å². The van der Waals surface area contributed by atoms with Crippen LogP contribution in [0.3, 0.4) is 0 Å². The van der Waals surface area contributed by atoms with Gasteiger partial charge in [0.25, 0.3) is 0 Å². The first-order chi connectivity index (χ1) is 9.31. The standard InChI is InChI=1S/C13H21F3N4/c1-4-6-12(3,5-2)19-7-8-20-10(9-19)17-18-11(20)13(14,15)16/h4-9H2,1-3H3. The Balaban J connectivity index is 2.22. The van der Waals surface area contributed by atoms with Crippen molar-refractivity contribution in [1.29, 1.82) is 0 Å². The van der Waals surface area contributed by atoms with Gasteiger partial charge in [0, 0.05) is 18.6 Å². The molecule has 2 rings (SSSR count). The van der Waals surface area contributed by atoms with Crippen molar-refractivity contribution in [2.24, 2.45) is 0 Å². The Hall–Kier alpha value is -1.11. The molecule has 0 aliphatic carbocycles. The Morgan fingerprint density at radius 2 is 1.85 bits per heavy atom. The van der Waals surface area contributed by atoms with Gasteiger partial charge in [-0.25, -0.2) is 0 Å². The van der Waals surface area contributed by atoms with E-state index in [1.165, 1.54) is 4.57 Å². The topological polar surface area (TPSA) is 34.0 Å². The van der Waals surface area contributed by atoms with Gasteiger partial charge in [0.1, 0.15) is 5.82 Å². The van der Waals surface area contributed by atoms with E-state index in [9.17, 15) is 13.2 Å². The molecule has 0 saturated carbocycles. The molecule has 0 radical (unpaired) electrons. The van der Waals surface area contributed by atoms with Crippen molar-refractivity contribution < 1.29 is 13.2 Å². The zero-order chi connectivity index (χ0) is 15.0. The second-order valence-corrected chi connectivity index (χ2v) is 5.61. The summed E-state index contributed by atoms with van der Waals surface area (Å²) >= 11 is 0. The predicted molar refractivity (Wildman–Crippen MR) is 69.0 cm³/mol. The third-order valence-electron chi connectivity index (χ3n) is 4.32. The molecule has 0 aromatic carbocycles. The predicted octanol–water partition coefficient (Wildman–Crippen LogP) is 3.08. The largest absolute Gasteiger partial charge is 0.451 e. The monoisotopic (exact) mass is 290 g/mol. The van der Waals surface area contributed by atoms with Gasteiger partial charge in [-0.3, -0.25) is 4.90 Å². The first-order valence-electron chi connectivity index (χ1n) is 7.06. The minimum absolute atomic E-state index is 0.0182. The van der Waals surface area contributed by atoms with Crippen LogP contribution >= 0.6 is 0 Å². The zero-order valence-electron chi connectivity index (χ0n) is 12.2. The summed E-state index contributed by atoms with van der Waals surface area (Å²) in [5, 5.41) is 7.05. The smallest absolute Gasteiger partial charge is 0.305 e. The Kier molecular flexibility index (Phi) is 4.09. The fourth-order valence-electron chi connectivity index (χ4n) is 2.93. The Morgan fingerprint density at radius 1 is 1.15 bits per heavy atom. The highest BCUT2D eigenvalue weighted by atomic mass is 19.4. The van der Waals surface area contributed by atoms with Crippen LogP contribution in [0, 0.1) is 0 Å². The molecule has 2 heterocycles. The molecule has 0 spiro atoms. The molecule has 0 fully saturated rings. The maximum Gasteiger partial charge on any atom is 0.451 e. The summed E-state index contributed by atoms with van der Waals surface area (Å²) in [4.78, 5) is 2.24. The number of fused-ring (bicyclic) bond motifs is 1. The zero-order valence-corrected chi connectivity index (χ0v) is 12.2. The summed E-state index contributed by atoms with van der Waals surface area (Å²) in [5.74, 6) is -0.458. The lowest BCUT2D eigenvalue weighted by molar-refractivity contribution is -0.148. The second-order valence-electron chi connectivity index (χ2n) is 5.61. The molecule has 114 valence electrons. The molecule has 0 amide bonds. The highest BCUT2D eigenvalue weighted by Gasteiger charge is 2.41. The molecule has 20 heavy (non-hydrogen) atoms. The second kappa shape index (κ2) is 5.35. The number of nitrogens with zero attached hydrogens (tertiary/aromatic N) is 4. The minimum atomic E-state index is -4.43. The summed E-state index contributed by atoms with van der Waals surface area (Å²) in [6.07, 6.45) is -1.36. The van der Waals surface area contributed by atoms with E-state index in [4.69, 9.17) is 0 Å². The first-order valence-corrected chi connectivity index (χ1v) is 7.06. The van der Waals surface area contributed by atoms with E-state index in [0.29, 0.717) is 25.5 Å². The lowest BCUT2D eigenvalue weighted by atomic mass is 9.90. The highest BCUT2D eigenvalue weighted by molar-refractivity contribution is 5.04. The summed E-state index contributed by atoms with van der Waals surface area (Å²) in [5.41, 5.74) is 0.0182. The Morgan fingerprint density at radius 3 is 2.40 bits per heavy atom. The number of hydrogen-bond acceptors (Lipinski definition) is 3. The van der Waals surface area contributed by atoms with Gasteiger partial charge in [0.15, 0.2) is 0 Å². The molecule has 0 bridgehead atoms. The molecule has 1 aliphatic heterocycles. The number of rotatable bonds is 4. The van der Waals surface area contributed by atoms with Crippen LogP contribution < -0.4 is 0 Å². The van der Waals surface area contributed by atoms with Crippen molar-refractivity contribution in [1.82, 2.24) is 19.7 Å². The number of aromatic nitrogens is 3. The van der Waals surface area contributed by atoms with E-state index >= 15 is 0 Å². The fraction of sp³-hybridized carbons (Fsp3) is 0.846. The Labute approximate surface area is 117 Å². The van der Waals surface area contributed by atoms with E-state index in [1.54, 1.807) is 0 Å². The molecule has 0 N–H and O–H groups in total. The molecule has 1 aromatic rings. The van der Waals surface area contributed by atoms with E-state index in [-0.39, 0.29) is 5.54 Å². The van der Waals surface area contributed by atoms with Crippen molar-refractivity contribution in [3.05, 3.63) is 11.6 Å². The van der Waals surface area contributed by atoms with E-state index in [0.717, 1.165) is 19.3 Å². The van der Waals surface area contributed by atoms with Gasteiger partial charge in [-0.15, -0.1) is 10.2 Å². The summed E-state index contributed by atoms with van der Waals surface area (Å²) in [6, 6.07) is 0. The summed E-state index contributed by atoms with van der Waals surface area (Å²) in [7, 11) is 0. The maximum atomic E-state index is 12.8. The van der Waals surface area contributed by atoms with Crippen LogP contribution in [0.1, 0.15) is 51.7 Å². The molecule has 1 unspecified atom stereocenters. The SMILES string of the molecule is CCCC(C)(CC)N1CCn2c(nnc2C(F)(F)F)C1. The third kappa shape index (κ3) is 2.68. The van der Waals surface area contributed by atoms with Gasteiger partial charge < -0.3 is 4.57 Å². The Bertz CT molecular complexity index is 469. The van der Waals surface area contributed by atoms with Crippen molar-refractivity contribution in [2.75, 3.05) is 6.54 Å². The number of alkyl halides is 3. The van der Waals surface area contributed by atoms with Gasteiger partial charge in [0.2, 0.25) is 5.82 Å². The lowest BCUT2D eigenvalue weighted by Gasteiger charge is -2.43. The number of halogens is 3. The average Bonchev–Trinajstić information content (AvgIpc) is 2.81. The molecule has 7 heteroatoms. The van der Waals surface area contributed by atoms with Gasteiger partial charge >= 0.3 is 6.18 Å². The minimum Gasteiger partial charge on any atom is -0.305 e. The van der Waals surface area contributed by atoms with Crippen molar-refractivity contribution in [3.8, 4) is 0 Å². The van der Waals surface area contributed by atoms with Gasteiger partial charge in [0.05, 0.1) is 6.54 Å². The van der Waals surface area contributed by atoms with Gasteiger partial charge in [-0.2, -0.15) is 13.2 Å². The molecular weight excluding hydrogens is 269 g/mol. The van der Waals surface area contributed by atoms with Crippen LogP contribution in [0.15, 0.2) is 0 Å². The van der Waals surface area contributed by atoms with Crippen LogP contribution in [0.25, 0.3) is 0 Å². The average molecular weight is 290 g/mol. The van der Waals surface area contributed by atoms with Crippen molar-refractivity contribution in [3.63, 3.8) is 0 Å². The van der Waals surface area contributed by atoms with Crippen LogP contribution in [0.5, 0.6) is 0 Å². The normalized spacial score (nSPS) is 19.7. The van der Waals surface area contributed by atoms with Crippen LogP contribution in [0.4, 0.5) is 13.2 Å². The highest BCUT2D eigenvalue weighted by Crippen LogP contribution is 2.32. The molecular formula is C13H21F3N4. The van der Waals surface area contributed by atoms with E-state index in [2.05, 4.69) is 35.9 Å². The summed E-state index contributed by atoms with van der Waals surface area (Å²) in [6.45, 7) is 7.77. The van der Waals surface area contributed by atoms with Crippen LogP contribution in [-0.4, -0.2) is 31.7 Å². The van der Waals surface area contributed by atoms with Crippen molar-refractivity contribution in [2.45, 2.75) is 64.8 Å². The molecule has 1 aromatic heterocycles. The van der Waals surface area contributed by atoms with Crippen LogP contribution in [-0.2, 0) is 19.3 Å². The lowest BCUT2D eigenvalue weighted by Crippen LogP contribution is -2.49. The molecule has 4 nitrogen and oxygen atoms in total. The van der Waals surface area contributed by atoms with E-state index < -0.39 is 12.0 Å². The number of hydrogen-bond donors (Lipinski definition) is 0. The molecule has 1 aliphatic rings. The summed E-state index contributed by atoms with van der Waals surface area (Å²) < 4.78 is 39.6. The van der Waals surface area contributed by atoms with Gasteiger partial charge in [-0.1, -0.05) is 20.3 Å². The quantitative estimate of drug-likeness (QED) is 0.854. The maximum absolute atomic E-state index is 12.8.